The van der Waals surface area contributed by atoms with E-state index in [1.54, 1.807) is 7.11 Å². The van der Waals surface area contributed by atoms with E-state index >= 15 is 0 Å². The summed E-state index contributed by atoms with van der Waals surface area (Å²) in [6, 6.07) is 0. The highest BCUT2D eigenvalue weighted by molar-refractivity contribution is 5.80. The maximum absolute atomic E-state index is 10.9. The summed E-state index contributed by atoms with van der Waals surface area (Å²) in [6.45, 7) is 2.49. The summed E-state index contributed by atoms with van der Waals surface area (Å²) in [5.41, 5.74) is 0. The molecule has 0 atom stereocenters. The van der Waals surface area contributed by atoms with Crippen molar-refractivity contribution in [2.75, 3.05) is 53.9 Å². The Morgan fingerprint density at radius 1 is 0.867 bits per heavy atom. The summed E-state index contributed by atoms with van der Waals surface area (Å²) in [4.78, 5) is 10.9. The Morgan fingerprint density at radius 3 is 2.27 bits per heavy atom. The van der Waals surface area contributed by atoms with E-state index in [0.29, 0.717) is 26.4 Å². The molecule has 0 aromatic heterocycles. The van der Waals surface area contributed by atoms with Crippen LogP contribution in [0, 0.1) is 0 Å². The van der Waals surface area contributed by atoms with Gasteiger partial charge in [0.05, 0.1) is 13.2 Å². The zero-order valence-corrected chi connectivity index (χ0v) is 9.49. The summed E-state index contributed by atoms with van der Waals surface area (Å²) in [5.74, 6) is -0.0584. The lowest BCUT2D eigenvalue weighted by molar-refractivity contribution is -0.127. The van der Waals surface area contributed by atoms with Crippen LogP contribution in [0.3, 0.4) is 0 Å². The van der Waals surface area contributed by atoms with Crippen molar-refractivity contribution in [3.05, 3.63) is 0 Å². The molecule has 0 aliphatic rings. The van der Waals surface area contributed by atoms with Gasteiger partial charge in [0.2, 0.25) is 0 Å². The van der Waals surface area contributed by atoms with Gasteiger partial charge in [0.25, 0.3) is 0 Å². The van der Waals surface area contributed by atoms with E-state index in [-0.39, 0.29) is 19.0 Å². The highest BCUT2D eigenvalue weighted by atomic mass is 16.5. The number of ether oxygens (including phenoxy) is 4. The highest BCUT2D eigenvalue weighted by Gasteiger charge is 1.99. The molecule has 0 aromatic carbocycles. The molecule has 0 unspecified atom stereocenters. The molecule has 0 saturated carbocycles. The fraction of sp³-hybridized carbons (Fsp3) is 0.900. The summed E-state index contributed by atoms with van der Waals surface area (Å²) in [5, 5.41) is 0. The molecule has 90 valence electrons. The molecule has 0 fully saturated rings. The molecule has 0 aromatic rings. The van der Waals surface area contributed by atoms with Crippen LogP contribution in [0.1, 0.15) is 6.42 Å². The number of Topliss-reactive ketones (excluding diaryl/α,β-unsaturated/α-hetero) is 1. The molecule has 0 aliphatic heterocycles. The minimum absolute atomic E-state index is 0.0584. The summed E-state index contributed by atoms with van der Waals surface area (Å²) in [7, 11) is 3.14. The van der Waals surface area contributed by atoms with Gasteiger partial charge in [-0.15, -0.1) is 0 Å². The maximum Gasteiger partial charge on any atom is 0.183 e. The Kier molecular flexibility index (Phi) is 11.2. The van der Waals surface area contributed by atoms with Crippen LogP contribution in [0.4, 0.5) is 0 Å². The topological polar surface area (TPSA) is 54.0 Å². The quantitative estimate of drug-likeness (QED) is 0.468. The van der Waals surface area contributed by atoms with Crippen molar-refractivity contribution in [1.82, 2.24) is 0 Å². The van der Waals surface area contributed by atoms with Gasteiger partial charge in [-0.3, -0.25) is 4.79 Å². The van der Waals surface area contributed by atoms with E-state index in [9.17, 15) is 4.79 Å². The van der Waals surface area contributed by atoms with Crippen LogP contribution < -0.4 is 0 Å². The van der Waals surface area contributed by atoms with Crippen LogP contribution in [0.2, 0.25) is 0 Å². The first kappa shape index (κ1) is 14.5. The molecular formula is C10H20O5. The fourth-order valence-corrected chi connectivity index (χ4v) is 0.914. The Balaban J connectivity index is 3.01. The van der Waals surface area contributed by atoms with E-state index in [1.807, 2.05) is 0 Å². The van der Waals surface area contributed by atoms with E-state index in [0.717, 1.165) is 6.42 Å². The van der Waals surface area contributed by atoms with Gasteiger partial charge in [-0.25, -0.2) is 0 Å². The van der Waals surface area contributed by atoms with E-state index in [2.05, 4.69) is 4.74 Å². The lowest BCUT2D eigenvalue weighted by Crippen LogP contribution is -2.16. The minimum atomic E-state index is -0.0584. The number of hydrogen-bond acceptors (Lipinski definition) is 5. The molecule has 15 heavy (non-hydrogen) atoms. The van der Waals surface area contributed by atoms with Crippen LogP contribution in [-0.2, 0) is 23.7 Å². The number of methoxy groups -OCH3 is 2. The molecular weight excluding hydrogens is 200 g/mol. The molecule has 0 amide bonds. The monoisotopic (exact) mass is 220 g/mol. The Hall–Kier alpha value is -0.490. The van der Waals surface area contributed by atoms with E-state index < -0.39 is 0 Å². The van der Waals surface area contributed by atoms with Gasteiger partial charge in [0.1, 0.15) is 13.2 Å². The number of carbonyl (C=O) groups excluding carboxylic acids is 1. The summed E-state index contributed by atoms with van der Waals surface area (Å²) >= 11 is 0. The first-order valence-electron chi connectivity index (χ1n) is 4.96. The maximum atomic E-state index is 10.9. The molecule has 0 radical (unpaired) electrons. The Morgan fingerprint density at radius 2 is 1.60 bits per heavy atom. The van der Waals surface area contributed by atoms with E-state index in [4.69, 9.17) is 14.2 Å². The largest absolute Gasteiger partial charge is 0.385 e. The lowest BCUT2D eigenvalue weighted by atomic mass is 10.4. The predicted octanol–water partition coefficient (Wildman–Crippen LogP) is 0.272. The number of hydrogen-bond donors (Lipinski definition) is 0. The smallest absolute Gasteiger partial charge is 0.183 e. The third-order valence-electron chi connectivity index (χ3n) is 1.58. The van der Waals surface area contributed by atoms with Crippen molar-refractivity contribution in [1.29, 1.82) is 0 Å². The van der Waals surface area contributed by atoms with Crippen LogP contribution >= 0.6 is 0 Å². The van der Waals surface area contributed by atoms with Crippen LogP contribution in [0.15, 0.2) is 0 Å². The SMILES string of the molecule is COCCCOCCOCC(=O)COC. The average Bonchev–Trinajstić information content (AvgIpc) is 2.22. The third kappa shape index (κ3) is 11.4. The second-order valence-electron chi connectivity index (χ2n) is 2.98. The first-order chi connectivity index (χ1) is 7.31. The molecule has 0 spiro atoms. The number of carbonyl (C=O) groups is 1. The van der Waals surface area contributed by atoms with Crippen molar-refractivity contribution in [3.8, 4) is 0 Å². The van der Waals surface area contributed by atoms with Gasteiger partial charge in [0, 0.05) is 27.4 Å². The predicted molar refractivity (Wildman–Crippen MR) is 55.0 cm³/mol. The summed E-state index contributed by atoms with van der Waals surface area (Å²) < 4.78 is 19.8. The fourth-order valence-electron chi connectivity index (χ4n) is 0.914. The van der Waals surface area contributed by atoms with Gasteiger partial charge in [-0.2, -0.15) is 0 Å². The van der Waals surface area contributed by atoms with Gasteiger partial charge in [-0.1, -0.05) is 0 Å². The van der Waals surface area contributed by atoms with Crippen molar-refractivity contribution in [2.45, 2.75) is 6.42 Å². The van der Waals surface area contributed by atoms with Gasteiger partial charge < -0.3 is 18.9 Å². The van der Waals surface area contributed by atoms with Crippen LogP contribution in [0.5, 0.6) is 0 Å². The van der Waals surface area contributed by atoms with Crippen molar-refractivity contribution in [3.63, 3.8) is 0 Å². The van der Waals surface area contributed by atoms with Crippen LogP contribution in [0.25, 0.3) is 0 Å². The Bertz CT molecular complexity index is 149. The molecule has 0 heterocycles. The minimum Gasteiger partial charge on any atom is -0.385 e. The molecule has 0 N–H and O–H groups in total. The zero-order chi connectivity index (χ0) is 11.4. The second kappa shape index (κ2) is 11.6. The molecule has 5 nitrogen and oxygen atoms in total. The van der Waals surface area contributed by atoms with Crippen molar-refractivity contribution < 1.29 is 23.7 Å². The molecule has 0 bridgehead atoms. The highest BCUT2D eigenvalue weighted by Crippen LogP contribution is 1.85. The first-order valence-corrected chi connectivity index (χ1v) is 4.96. The lowest BCUT2D eigenvalue weighted by Gasteiger charge is -2.04. The molecule has 5 heteroatoms. The molecule has 0 aliphatic carbocycles. The van der Waals surface area contributed by atoms with Crippen molar-refractivity contribution >= 4 is 5.78 Å². The van der Waals surface area contributed by atoms with Gasteiger partial charge in [0.15, 0.2) is 5.78 Å². The van der Waals surface area contributed by atoms with Crippen LogP contribution in [-0.4, -0.2) is 59.6 Å². The normalized spacial score (nSPS) is 10.5. The van der Waals surface area contributed by atoms with Crippen molar-refractivity contribution in [2.24, 2.45) is 0 Å². The standard InChI is InChI=1S/C10H20O5/c1-12-4-3-5-14-6-7-15-9-10(11)8-13-2/h3-9H2,1-2H3. The average molecular weight is 220 g/mol. The second-order valence-corrected chi connectivity index (χ2v) is 2.98. The summed E-state index contributed by atoms with van der Waals surface area (Å²) in [6.07, 6.45) is 0.874. The van der Waals surface area contributed by atoms with Gasteiger partial charge >= 0.3 is 0 Å². The Labute approximate surface area is 90.6 Å². The number of rotatable bonds is 11. The van der Waals surface area contributed by atoms with E-state index in [1.165, 1.54) is 7.11 Å². The van der Waals surface area contributed by atoms with Gasteiger partial charge in [-0.05, 0) is 6.42 Å². The zero-order valence-electron chi connectivity index (χ0n) is 9.49. The number of ketones is 1. The molecule has 0 rings (SSSR count). The molecule has 0 saturated heterocycles. The third-order valence-corrected chi connectivity index (χ3v) is 1.58.